The summed E-state index contributed by atoms with van der Waals surface area (Å²) < 4.78 is 7.33. The van der Waals surface area contributed by atoms with E-state index in [-0.39, 0.29) is 6.04 Å². The zero-order valence-electron chi connectivity index (χ0n) is 13.6. The number of hydrogen-bond donors (Lipinski definition) is 0. The van der Waals surface area contributed by atoms with E-state index in [4.69, 9.17) is 4.52 Å². The Morgan fingerprint density at radius 2 is 2.18 bits per heavy atom. The van der Waals surface area contributed by atoms with Gasteiger partial charge in [-0.05, 0) is 27.8 Å². The topological polar surface area (TPSA) is 76.1 Å². The van der Waals surface area contributed by atoms with E-state index in [0.717, 1.165) is 32.0 Å². The average Bonchev–Trinajstić information content (AvgIpc) is 3.10. The molecule has 0 unspecified atom stereocenters. The molecule has 8 heteroatoms. The predicted octanol–water partition coefficient (Wildman–Crippen LogP) is 1.04. The van der Waals surface area contributed by atoms with Crippen molar-refractivity contribution in [3.8, 4) is 0 Å². The summed E-state index contributed by atoms with van der Waals surface area (Å²) in [5.74, 6) is 2.37. The van der Waals surface area contributed by atoms with Crippen molar-refractivity contribution in [2.75, 3.05) is 26.7 Å². The van der Waals surface area contributed by atoms with Crippen LogP contribution in [0.4, 0.5) is 0 Å². The second kappa shape index (κ2) is 6.13. The minimum atomic E-state index is 0.130. The highest BCUT2D eigenvalue weighted by molar-refractivity contribution is 4.97. The molecule has 0 radical (unpaired) electrons. The predicted molar refractivity (Wildman–Crippen MR) is 80.1 cm³/mol. The summed E-state index contributed by atoms with van der Waals surface area (Å²) in [5, 5.41) is 8.21. The first-order valence-corrected chi connectivity index (χ1v) is 7.65. The summed E-state index contributed by atoms with van der Waals surface area (Å²) in [7, 11) is 2.10. The molecule has 0 spiro atoms. The van der Waals surface area contributed by atoms with Gasteiger partial charge in [-0.25, -0.2) is 9.67 Å². The Labute approximate surface area is 130 Å². The molecule has 1 fully saturated rings. The molecule has 0 N–H and O–H groups in total. The van der Waals surface area contributed by atoms with Gasteiger partial charge in [0.25, 0.3) is 0 Å². The normalized spacial score (nSPS) is 20.9. The number of hydrogen-bond acceptors (Lipinski definition) is 7. The standard InChI is InChI=1S/C14H23N7O/c1-10(2)21-13(15-9-16-21)8-20-6-5-19(4)12(7-20)14-17-11(3)18-22-14/h9-10,12H,5-8H2,1-4H3/t12-/m0/s1. The molecule has 0 saturated carbocycles. The Balaban J connectivity index is 1.72. The fourth-order valence-corrected chi connectivity index (χ4v) is 2.81. The number of rotatable bonds is 4. The largest absolute Gasteiger partial charge is 0.338 e. The van der Waals surface area contributed by atoms with E-state index in [1.807, 2.05) is 11.6 Å². The molecular formula is C14H23N7O. The summed E-state index contributed by atoms with van der Waals surface area (Å²) in [6.07, 6.45) is 1.63. The lowest BCUT2D eigenvalue weighted by molar-refractivity contribution is 0.0688. The summed E-state index contributed by atoms with van der Waals surface area (Å²) >= 11 is 0. The van der Waals surface area contributed by atoms with Crippen LogP contribution in [0.5, 0.6) is 0 Å². The van der Waals surface area contributed by atoms with E-state index < -0.39 is 0 Å². The minimum absolute atomic E-state index is 0.130. The summed E-state index contributed by atoms with van der Waals surface area (Å²) in [4.78, 5) is 13.4. The number of aromatic nitrogens is 5. The maximum absolute atomic E-state index is 5.36. The highest BCUT2D eigenvalue weighted by atomic mass is 16.5. The molecule has 1 aliphatic rings. The van der Waals surface area contributed by atoms with Gasteiger partial charge >= 0.3 is 0 Å². The van der Waals surface area contributed by atoms with Crippen LogP contribution in [0, 0.1) is 6.92 Å². The van der Waals surface area contributed by atoms with Gasteiger partial charge in [-0.3, -0.25) is 9.80 Å². The van der Waals surface area contributed by atoms with E-state index in [2.05, 4.69) is 50.9 Å². The molecule has 0 bridgehead atoms. The van der Waals surface area contributed by atoms with Crippen molar-refractivity contribution in [3.05, 3.63) is 23.9 Å². The first kappa shape index (κ1) is 15.1. The van der Waals surface area contributed by atoms with Gasteiger partial charge in [0, 0.05) is 25.7 Å². The summed E-state index contributed by atoms with van der Waals surface area (Å²) in [6, 6.07) is 0.449. The number of nitrogens with zero attached hydrogens (tertiary/aromatic N) is 7. The van der Waals surface area contributed by atoms with Gasteiger partial charge in [0.15, 0.2) is 5.82 Å². The molecule has 8 nitrogen and oxygen atoms in total. The van der Waals surface area contributed by atoms with Crippen LogP contribution in [-0.2, 0) is 6.54 Å². The second-order valence-electron chi connectivity index (χ2n) is 6.13. The molecule has 3 heterocycles. The third kappa shape index (κ3) is 3.02. The first-order valence-electron chi connectivity index (χ1n) is 7.65. The van der Waals surface area contributed by atoms with Crippen LogP contribution in [0.25, 0.3) is 0 Å². The maximum Gasteiger partial charge on any atom is 0.245 e. The molecule has 22 heavy (non-hydrogen) atoms. The highest BCUT2D eigenvalue weighted by Crippen LogP contribution is 2.23. The van der Waals surface area contributed by atoms with Gasteiger partial charge in [-0.15, -0.1) is 0 Å². The van der Waals surface area contributed by atoms with Crippen LogP contribution in [0.2, 0.25) is 0 Å². The van der Waals surface area contributed by atoms with Crippen LogP contribution in [0.15, 0.2) is 10.9 Å². The quantitative estimate of drug-likeness (QED) is 0.835. The number of aryl methyl sites for hydroxylation is 1. The van der Waals surface area contributed by atoms with E-state index in [9.17, 15) is 0 Å². The van der Waals surface area contributed by atoms with Crippen molar-refractivity contribution < 1.29 is 4.52 Å². The van der Waals surface area contributed by atoms with Crippen LogP contribution in [0.1, 0.15) is 43.5 Å². The highest BCUT2D eigenvalue weighted by Gasteiger charge is 2.30. The zero-order chi connectivity index (χ0) is 15.7. The molecule has 1 aliphatic heterocycles. The van der Waals surface area contributed by atoms with E-state index in [1.165, 1.54) is 0 Å². The average molecular weight is 305 g/mol. The first-order chi connectivity index (χ1) is 10.5. The van der Waals surface area contributed by atoms with Gasteiger partial charge in [0.1, 0.15) is 18.2 Å². The molecule has 0 aromatic carbocycles. The van der Waals surface area contributed by atoms with E-state index in [1.54, 1.807) is 6.33 Å². The SMILES string of the molecule is Cc1noc([C@@H]2CN(Cc3ncnn3C(C)C)CCN2C)n1. The Bertz CT molecular complexity index is 620. The summed E-state index contributed by atoms with van der Waals surface area (Å²) in [6.45, 7) is 9.67. The van der Waals surface area contributed by atoms with Crippen LogP contribution >= 0.6 is 0 Å². The molecule has 2 aromatic rings. The van der Waals surface area contributed by atoms with Gasteiger partial charge < -0.3 is 4.52 Å². The van der Waals surface area contributed by atoms with Crippen molar-refractivity contribution in [1.82, 2.24) is 34.7 Å². The minimum Gasteiger partial charge on any atom is -0.338 e. The third-order valence-electron chi connectivity index (χ3n) is 4.06. The molecule has 0 amide bonds. The molecular weight excluding hydrogens is 282 g/mol. The van der Waals surface area contributed by atoms with E-state index in [0.29, 0.717) is 17.8 Å². The van der Waals surface area contributed by atoms with Crippen molar-refractivity contribution in [3.63, 3.8) is 0 Å². The van der Waals surface area contributed by atoms with Crippen LogP contribution < -0.4 is 0 Å². The van der Waals surface area contributed by atoms with Crippen molar-refractivity contribution in [2.24, 2.45) is 0 Å². The lowest BCUT2D eigenvalue weighted by Gasteiger charge is -2.37. The fraction of sp³-hybridized carbons (Fsp3) is 0.714. The van der Waals surface area contributed by atoms with Crippen LogP contribution in [-0.4, -0.2) is 61.4 Å². The van der Waals surface area contributed by atoms with Crippen molar-refractivity contribution in [2.45, 2.75) is 39.4 Å². The molecule has 1 atom stereocenters. The van der Waals surface area contributed by atoms with Gasteiger partial charge in [0.2, 0.25) is 5.89 Å². The molecule has 120 valence electrons. The number of likely N-dealkylation sites (N-methyl/N-ethyl adjacent to an activating group) is 1. The third-order valence-corrected chi connectivity index (χ3v) is 4.06. The van der Waals surface area contributed by atoms with Crippen molar-refractivity contribution in [1.29, 1.82) is 0 Å². The van der Waals surface area contributed by atoms with Crippen LogP contribution in [0.3, 0.4) is 0 Å². The Hall–Kier alpha value is -1.80. The molecule has 2 aromatic heterocycles. The maximum atomic E-state index is 5.36. The second-order valence-corrected chi connectivity index (χ2v) is 6.13. The molecule has 1 saturated heterocycles. The van der Waals surface area contributed by atoms with Gasteiger partial charge in [0.05, 0.1) is 6.54 Å². The lowest BCUT2D eigenvalue weighted by Crippen LogP contribution is -2.46. The zero-order valence-corrected chi connectivity index (χ0v) is 13.6. The molecule has 3 rings (SSSR count). The fourth-order valence-electron chi connectivity index (χ4n) is 2.81. The Morgan fingerprint density at radius 1 is 1.36 bits per heavy atom. The Morgan fingerprint density at radius 3 is 2.86 bits per heavy atom. The lowest BCUT2D eigenvalue weighted by atomic mass is 10.1. The van der Waals surface area contributed by atoms with E-state index >= 15 is 0 Å². The summed E-state index contributed by atoms with van der Waals surface area (Å²) in [5.41, 5.74) is 0. The Kier molecular flexibility index (Phi) is 4.21. The van der Waals surface area contributed by atoms with Gasteiger partial charge in [-0.2, -0.15) is 10.1 Å². The number of piperazine rings is 1. The van der Waals surface area contributed by atoms with Gasteiger partial charge in [-0.1, -0.05) is 5.16 Å². The monoisotopic (exact) mass is 305 g/mol. The molecule has 0 aliphatic carbocycles. The smallest absolute Gasteiger partial charge is 0.245 e. The van der Waals surface area contributed by atoms with Crippen molar-refractivity contribution >= 4 is 0 Å².